The number of ether oxygens (including phenoxy) is 1. The molecule has 10 heteroatoms. The van der Waals surface area contributed by atoms with Crippen LogP contribution < -0.4 is 10.6 Å². The quantitative estimate of drug-likeness (QED) is 0.0502. The molecule has 2 aromatic carbocycles. The van der Waals surface area contributed by atoms with Gasteiger partial charge in [0.15, 0.2) is 5.76 Å². The molecule has 10 nitrogen and oxygen atoms in total. The van der Waals surface area contributed by atoms with E-state index in [-0.39, 0.29) is 30.9 Å². The monoisotopic (exact) mass is 619 g/mol. The van der Waals surface area contributed by atoms with Crippen LogP contribution >= 0.6 is 0 Å². The lowest BCUT2D eigenvalue weighted by Gasteiger charge is -2.32. The molecule has 0 saturated heterocycles. The van der Waals surface area contributed by atoms with Gasteiger partial charge in [-0.3, -0.25) is 19.2 Å². The van der Waals surface area contributed by atoms with Gasteiger partial charge < -0.3 is 19.8 Å². The van der Waals surface area contributed by atoms with Gasteiger partial charge >= 0.3 is 5.97 Å². The van der Waals surface area contributed by atoms with Crippen molar-refractivity contribution in [1.82, 2.24) is 15.7 Å². The summed E-state index contributed by atoms with van der Waals surface area (Å²) in [7, 11) is 0. The Balaban J connectivity index is 1.57. The van der Waals surface area contributed by atoms with Crippen LogP contribution in [0, 0.1) is 5.92 Å². The van der Waals surface area contributed by atoms with Crippen molar-refractivity contribution in [3.8, 4) is 11.3 Å². The Morgan fingerprint density at radius 2 is 1.62 bits per heavy atom. The number of rotatable bonds is 20. The van der Waals surface area contributed by atoms with Crippen molar-refractivity contribution >= 4 is 24.2 Å². The molecule has 0 aliphatic rings. The molecule has 2 N–H and O–H groups in total. The number of carbonyl (C=O) groups excluding carboxylic acids is 4. The molecule has 3 amide bonds. The van der Waals surface area contributed by atoms with Crippen LogP contribution in [0.1, 0.15) is 92.2 Å². The van der Waals surface area contributed by atoms with E-state index in [0.29, 0.717) is 42.7 Å². The van der Waals surface area contributed by atoms with Crippen LogP contribution in [-0.2, 0) is 25.8 Å². The van der Waals surface area contributed by atoms with Crippen molar-refractivity contribution in [2.45, 2.75) is 78.4 Å². The molecule has 0 fully saturated rings. The molecular formula is C35H45N3O7. The molecule has 0 aliphatic heterocycles. The van der Waals surface area contributed by atoms with Crippen molar-refractivity contribution in [2.24, 2.45) is 5.92 Å². The Morgan fingerprint density at radius 1 is 0.889 bits per heavy atom. The molecule has 0 spiro atoms. The topological polar surface area (TPSA) is 127 Å². The predicted molar refractivity (Wildman–Crippen MR) is 171 cm³/mol. The first kappa shape index (κ1) is 35.0. The van der Waals surface area contributed by atoms with Crippen molar-refractivity contribution in [2.75, 3.05) is 13.3 Å². The Kier molecular flexibility index (Phi) is 14.8. The predicted octanol–water partition coefficient (Wildman–Crippen LogP) is 6.27. The number of hydrogen-bond donors (Lipinski definition) is 2. The van der Waals surface area contributed by atoms with Gasteiger partial charge in [-0.2, -0.15) is 0 Å². The third kappa shape index (κ3) is 10.9. The maximum Gasteiger partial charge on any atom is 0.338 e. The van der Waals surface area contributed by atoms with E-state index >= 15 is 0 Å². The van der Waals surface area contributed by atoms with Gasteiger partial charge in [0.2, 0.25) is 12.3 Å². The maximum atomic E-state index is 13.4. The number of esters is 1. The molecule has 0 bridgehead atoms. The first-order chi connectivity index (χ1) is 21.9. The molecule has 3 aromatic rings. The number of hydroxylamine groups is 2. The third-order valence-electron chi connectivity index (χ3n) is 7.47. The van der Waals surface area contributed by atoms with Crippen LogP contribution in [-0.4, -0.2) is 48.6 Å². The second-order valence-corrected chi connectivity index (χ2v) is 10.8. The number of hydrogen-bond acceptors (Lipinski definition) is 7. The van der Waals surface area contributed by atoms with Crippen LogP contribution in [0.3, 0.4) is 0 Å². The highest BCUT2D eigenvalue weighted by Crippen LogP contribution is 2.24. The summed E-state index contributed by atoms with van der Waals surface area (Å²) in [4.78, 5) is 56.2. The Bertz CT molecular complexity index is 1340. The highest BCUT2D eigenvalue weighted by atomic mass is 16.7. The third-order valence-corrected chi connectivity index (χ3v) is 7.47. The summed E-state index contributed by atoms with van der Waals surface area (Å²) in [5, 5.41) is 6.71. The Morgan fingerprint density at radius 3 is 2.29 bits per heavy atom. The molecule has 0 radical (unpaired) electrons. The standard InChI is InChI=1S/C35H45N3O7/c1-4-7-10-15-29(30(6-3)38(25-39)44-23-26-13-11-9-12-14-26)33(40)36-24-37-34(41)32-21-20-31(45-32)27-16-18-28(19-17-27)35(42)43-22-8-5-2/h9,11-14,16-21,25,29-30H,4-8,10,15,22-24H2,1-3H3,(H,36,40)(H,37,41)/t29-,30-/m1/s1. The van der Waals surface area contributed by atoms with E-state index in [4.69, 9.17) is 14.0 Å². The zero-order valence-corrected chi connectivity index (χ0v) is 26.5. The number of carbonyl (C=O) groups is 4. The summed E-state index contributed by atoms with van der Waals surface area (Å²) < 4.78 is 11.0. The fourth-order valence-electron chi connectivity index (χ4n) is 4.89. The van der Waals surface area contributed by atoms with Crippen molar-refractivity contribution in [3.63, 3.8) is 0 Å². The molecule has 1 aromatic heterocycles. The van der Waals surface area contributed by atoms with E-state index in [2.05, 4.69) is 17.6 Å². The normalized spacial score (nSPS) is 12.2. The molecule has 0 saturated carbocycles. The van der Waals surface area contributed by atoms with Gasteiger partial charge in [0, 0.05) is 5.56 Å². The number of unbranched alkanes of at least 4 members (excludes halogenated alkanes) is 3. The SMILES string of the molecule is CCCCC[C@@H](C(=O)NCNC(=O)c1ccc(-c2ccc(C(=O)OCCCC)cc2)o1)[C@@H](CC)N(C=O)OCc1ccccc1. The molecule has 2 atom stereocenters. The van der Waals surface area contributed by atoms with Gasteiger partial charge in [-0.15, -0.1) is 0 Å². The number of furan rings is 1. The Hall–Kier alpha value is -4.44. The first-order valence-electron chi connectivity index (χ1n) is 15.7. The minimum absolute atomic E-state index is 0.0784. The van der Waals surface area contributed by atoms with Crippen molar-refractivity contribution < 1.29 is 33.2 Å². The van der Waals surface area contributed by atoms with E-state index in [1.807, 2.05) is 44.2 Å². The number of nitrogens with zero attached hydrogens (tertiary/aromatic N) is 1. The fraction of sp³-hybridized carbons (Fsp3) is 0.429. The van der Waals surface area contributed by atoms with Crippen LogP contribution in [0.2, 0.25) is 0 Å². The number of amides is 3. The summed E-state index contributed by atoms with van der Waals surface area (Å²) in [6.45, 7) is 6.50. The van der Waals surface area contributed by atoms with Gasteiger partial charge in [-0.05, 0) is 49.1 Å². The Labute approximate surface area is 265 Å². The molecule has 0 unspecified atom stereocenters. The van der Waals surface area contributed by atoms with Crippen LogP contribution in [0.4, 0.5) is 0 Å². The fourth-order valence-corrected chi connectivity index (χ4v) is 4.89. The number of nitrogens with one attached hydrogen (secondary N) is 2. The van der Waals surface area contributed by atoms with Gasteiger partial charge in [0.05, 0.1) is 30.8 Å². The lowest BCUT2D eigenvalue weighted by molar-refractivity contribution is -0.200. The van der Waals surface area contributed by atoms with Crippen LogP contribution in [0.15, 0.2) is 71.1 Å². The molecule has 1 heterocycles. The summed E-state index contributed by atoms with van der Waals surface area (Å²) in [5.41, 5.74) is 2.05. The molecule has 45 heavy (non-hydrogen) atoms. The number of benzene rings is 2. The average Bonchev–Trinajstić information content (AvgIpc) is 3.57. The highest BCUT2D eigenvalue weighted by molar-refractivity contribution is 5.92. The molecule has 3 rings (SSSR count). The summed E-state index contributed by atoms with van der Waals surface area (Å²) >= 11 is 0. The van der Waals surface area contributed by atoms with Crippen LogP contribution in [0.5, 0.6) is 0 Å². The summed E-state index contributed by atoms with van der Waals surface area (Å²) in [6.07, 6.45) is 6.23. The van der Waals surface area contributed by atoms with Crippen LogP contribution in [0.25, 0.3) is 11.3 Å². The second kappa shape index (κ2) is 19.1. The van der Waals surface area contributed by atoms with Gasteiger partial charge in [0.1, 0.15) is 12.4 Å². The minimum atomic E-state index is -0.526. The zero-order chi connectivity index (χ0) is 32.4. The van der Waals surface area contributed by atoms with E-state index in [1.165, 1.54) is 5.06 Å². The molecule has 242 valence electrons. The van der Waals surface area contributed by atoms with E-state index in [9.17, 15) is 19.2 Å². The highest BCUT2D eigenvalue weighted by Gasteiger charge is 2.32. The smallest absolute Gasteiger partial charge is 0.338 e. The lowest BCUT2D eigenvalue weighted by Crippen LogP contribution is -2.48. The van der Waals surface area contributed by atoms with Crippen molar-refractivity contribution in [3.05, 3.63) is 83.6 Å². The zero-order valence-electron chi connectivity index (χ0n) is 26.5. The lowest BCUT2D eigenvalue weighted by atomic mass is 9.90. The summed E-state index contributed by atoms with van der Waals surface area (Å²) in [5.74, 6) is -1.14. The first-order valence-corrected chi connectivity index (χ1v) is 15.7. The average molecular weight is 620 g/mol. The van der Waals surface area contributed by atoms with E-state index in [0.717, 1.165) is 37.7 Å². The largest absolute Gasteiger partial charge is 0.462 e. The second-order valence-electron chi connectivity index (χ2n) is 10.8. The molecule has 0 aliphatic carbocycles. The molecular weight excluding hydrogens is 574 g/mol. The van der Waals surface area contributed by atoms with E-state index in [1.54, 1.807) is 36.4 Å². The minimum Gasteiger partial charge on any atom is -0.462 e. The van der Waals surface area contributed by atoms with Gasteiger partial charge in [-0.25, -0.2) is 9.86 Å². The van der Waals surface area contributed by atoms with Gasteiger partial charge in [0.25, 0.3) is 5.91 Å². The maximum absolute atomic E-state index is 13.4. The van der Waals surface area contributed by atoms with E-state index < -0.39 is 17.9 Å². The summed E-state index contributed by atoms with van der Waals surface area (Å²) in [6, 6.07) is 19.0. The van der Waals surface area contributed by atoms with Gasteiger partial charge in [-0.1, -0.05) is 88.9 Å². The van der Waals surface area contributed by atoms with Crippen molar-refractivity contribution in [1.29, 1.82) is 0 Å².